The number of rotatable bonds is 4. The molecule has 2 aliphatic heterocycles. The van der Waals surface area contributed by atoms with Gasteiger partial charge in [-0.2, -0.15) is 0 Å². The van der Waals surface area contributed by atoms with E-state index in [2.05, 4.69) is 4.90 Å². The first-order valence-corrected chi connectivity index (χ1v) is 6.90. The minimum atomic E-state index is -0.678. The number of carbonyl (C=O) groups is 2. The highest BCUT2D eigenvalue weighted by molar-refractivity contribution is 5.76. The molecule has 2 heterocycles. The first-order valence-electron chi connectivity index (χ1n) is 6.90. The van der Waals surface area contributed by atoms with Crippen molar-refractivity contribution in [3.63, 3.8) is 0 Å². The molecule has 1 N–H and O–H groups in total. The fraction of sp³-hybridized carbons (Fsp3) is 0.846. The smallest absolute Gasteiger partial charge is 0.306 e. The van der Waals surface area contributed by atoms with E-state index in [1.807, 2.05) is 4.90 Å². The third kappa shape index (κ3) is 3.45. The van der Waals surface area contributed by atoms with Gasteiger partial charge in [-0.25, -0.2) is 0 Å². The molecule has 0 radical (unpaired) electrons. The highest BCUT2D eigenvalue weighted by atomic mass is 16.4. The molecule has 0 unspecified atom stereocenters. The summed E-state index contributed by atoms with van der Waals surface area (Å²) in [4.78, 5) is 26.9. The van der Waals surface area contributed by atoms with Crippen molar-refractivity contribution in [2.24, 2.45) is 5.92 Å². The lowest BCUT2D eigenvalue weighted by atomic mass is 9.97. The zero-order chi connectivity index (χ0) is 13.0. The maximum atomic E-state index is 11.9. The molecule has 2 fully saturated rings. The van der Waals surface area contributed by atoms with Crippen molar-refractivity contribution in [3.05, 3.63) is 0 Å². The monoisotopic (exact) mass is 254 g/mol. The molecule has 18 heavy (non-hydrogen) atoms. The van der Waals surface area contributed by atoms with Gasteiger partial charge in [-0.3, -0.25) is 9.59 Å². The molecule has 0 aromatic carbocycles. The standard InChI is InChI=1S/C13H22N2O3/c16-12(15-6-1-2-7-15)5-10-14-8-3-11(4-9-14)13(17)18/h11H,1-10H2,(H,17,18). The molecule has 0 spiro atoms. The normalized spacial score (nSPS) is 22.3. The average Bonchev–Trinajstić information content (AvgIpc) is 2.90. The van der Waals surface area contributed by atoms with Crippen molar-refractivity contribution in [2.75, 3.05) is 32.7 Å². The first-order chi connectivity index (χ1) is 8.66. The molecule has 5 heteroatoms. The van der Waals surface area contributed by atoms with Gasteiger partial charge in [-0.1, -0.05) is 0 Å². The maximum Gasteiger partial charge on any atom is 0.306 e. The lowest BCUT2D eigenvalue weighted by Gasteiger charge is -2.30. The molecule has 0 saturated carbocycles. The van der Waals surface area contributed by atoms with E-state index in [4.69, 9.17) is 5.11 Å². The quantitative estimate of drug-likeness (QED) is 0.806. The third-order valence-electron chi connectivity index (χ3n) is 4.04. The summed E-state index contributed by atoms with van der Waals surface area (Å²) in [5.41, 5.74) is 0. The van der Waals surface area contributed by atoms with Crippen LogP contribution in [0.15, 0.2) is 0 Å². The number of hydrogen-bond donors (Lipinski definition) is 1. The Labute approximate surface area is 108 Å². The Bertz CT molecular complexity index is 305. The van der Waals surface area contributed by atoms with Crippen LogP contribution in [-0.2, 0) is 9.59 Å². The van der Waals surface area contributed by atoms with Gasteiger partial charge in [0.1, 0.15) is 0 Å². The summed E-state index contributed by atoms with van der Waals surface area (Å²) in [6.07, 6.45) is 4.28. The van der Waals surface area contributed by atoms with Crippen LogP contribution in [0, 0.1) is 5.92 Å². The van der Waals surface area contributed by atoms with Gasteiger partial charge in [0.2, 0.25) is 5.91 Å². The molecule has 0 aliphatic carbocycles. The van der Waals surface area contributed by atoms with Crippen LogP contribution in [0.2, 0.25) is 0 Å². The number of piperidine rings is 1. The lowest BCUT2D eigenvalue weighted by Crippen LogP contribution is -2.39. The summed E-state index contributed by atoms with van der Waals surface area (Å²) in [5, 5.41) is 8.91. The minimum absolute atomic E-state index is 0.185. The highest BCUT2D eigenvalue weighted by Gasteiger charge is 2.25. The molecule has 5 nitrogen and oxygen atoms in total. The van der Waals surface area contributed by atoms with Gasteiger partial charge in [0.25, 0.3) is 0 Å². The van der Waals surface area contributed by atoms with Crippen LogP contribution in [0.25, 0.3) is 0 Å². The van der Waals surface area contributed by atoms with Crippen molar-refractivity contribution in [1.82, 2.24) is 9.80 Å². The Kier molecular flexibility index (Phi) is 4.58. The molecule has 0 aromatic rings. The van der Waals surface area contributed by atoms with Crippen LogP contribution in [0.4, 0.5) is 0 Å². The maximum absolute atomic E-state index is 11.9. The summed E-state index contributed by atoms with van der Waals surface area (Å²) < 4.78 is 0. The van der Waals surface area contributed by atoms with Gasteiger partial charge in [-0.15, -0.1) is 0 Å². The van der Waals surface area contributed by atoms with Crippen molar-refractivity contribution in [2.45, 2.75) is 32.1 Å². The van der Waals surface area contributed by atoms with E-state index in [0.29, 0.717) is 19.3 Å². The fourth-order valence-corrected chi connectivity index (χ4v) is 2.78. The average molecular weight is 254 g/mol. The van der Waals surface area contributed by atoms with Crippen LogP contribution in [0.5, 0.6) is 0 Å². The highest BCUT2D eigenvalue weighted by Crippen LogP contribution is 2.17. The summed E-state index contributed by atoms with van der Waals surface area (Å²) in [6, 6.07) is 0. The summed E-state index contributed by atoms with van der Waals surface area (Å²) in [6.45, 7) is 4.23. The number of carboxylic acid groups (broad SMARTS) is 1. The van der Waals surface area contributed by atoms with E-state index >= 15 is 0 Å². The first kappa shape index (κ1) is 13.3. The molecule has 0 aromatic heterocycles. The summed E-state index contributed by atoms with van der Waals surface area (Å²) in [7, 11) is 0. The second kappa shape index (κ2) is 6.18. The van der Waals surface area contributed by atoms with Crippen LogP contribution < -0.4 is 0 Å². The van der Waals surface area contributed by atoms with Crippen molar-refractivity contribution >= 4 is 11.9 Å². The number of carboxylic acids is 1. The van der Waals surface area contributed by atoms with Crippen molar-refractivity contribution < 1.29 is 14.7 Å². The SMILES string of the molecule is O=C(O)C1CCN(CCC(=O)N2CCCC2)CC1. The van der Waals surface area contributed by atoms with Crippen LogP contribution >= 0.6 is 0 Å². The van der Waals surface area contributed by atoms with E-state index in [0.717, 1.165) is 45.6 Å². The molecule has 1 amide bonds. The molecule has 0 atom stereocenters. The van der Waals surface area contributed by atoms with Gasteiger partial charge in [-0.05, 0) is 38.8 Å². The zero-order valence-electron chi connectivity index (χ0n) is 10.8. The molecule has 0 bridgehead atoms. The second-order valence-corrected chi connectivity index (χ2v) is 5.29. The number of nitrogens with zero attached hydrogens (tertiary/aromatic N) is 2. The van der Waals surface area contributed by atoms with Gasteiger partial charge >= 0.3 is 5.97 Å². The van der Waals surface area contributed by atoms with Gasteiger partial charge < -0.3 is 14.9 Å². The van der Waals surface area contributed by atoms with Crippen LogP contribution in [0.1, 0.15) is 32.1 Å². The number of carbonyl (C=O) groups excluding carboxylic acids is 1. The van der Waals surface area contributed by atoms with Crippen LogP contribution in [-0.4, -0.2) is 59.5 Å². The van der Waals surface area contributed by atoms with Crippen molar-refractivity contribution in [3.8, 4) is 0 Å². The number of likely N-dealkylation sites (tertiary alicyclic amines) is 2. The molecule has 2 rings (SSSR count). The topological polar surface area (TPSA) is 60.9 Å². The Balaban J connectivity index is 1.65. The number of hydrogen-bond acceptors (Lipinski definition) is 3. The minimum Gasteiger partial charge on any atom is -0.481 e. The zero-order valence-corrected chi connectivity index (χ0v) is 10.8. The summed E-state index contributed by atoms with van der Waals surface area (Å²) >= 11 is 0. The Morgan fingerprint density at radius 2 is 1.67 bits per heavy atom. The van der Waals surface area contributed by atoms with Gasteiger partial charge in [0.05, 0.1) is 5.92 Å². The molecule has 2 saturated heterocycles. The van der Waals surface area contributed by atoms with Crippen LogP contribution in [0.3, 0.4) is 0 Å². The Hall–Kier alpha value is -1.10. The molecular formula is C13H22N2O3. The van der Waals surface area contributed by atoms with E-state index in [9.17, 15) is 9.59 Å². The molecule has 2 aliphatic rings. The Morgan fingerprint density at radius 1 is 1.06 bits per heavy atom. The number of aliphatic carboxylic acids is 1. The van der Waals surface area contributed by atoms with E-state index < -0.39 is 5.97 Å². The van der Waals surface area contributed by atoms with Crippen molar-refractivity contribution in [1.29, 1.82) is 0 Å². The predicted octanol–water partition coefficient (Wildman–Crippen LogP) is 0.795. The predicted molar refractivity (Wildman–Crippen MR) is 67.2 cm³/mol. The Morgan fingerprint density at radius 3 is 2.22 bits per heavy atom. The second-order valence-electron chi connectivity index (χ2n) is 5.29. The molecule has 102 valence electrons. The molecular weight excluding hydrogens is 232 g/mol. The van der Waals surface area contributed by atoms with Gasteiger partial charge in [0.15, 0.2) is 0 Å². The largest absolute Gasteiger partial charge is 0.481 e. The lowest BCUT2D eigenvalue weighted by molar-refractivity contribution is -0.143. The van der Waals surface area contributed by atoms with E-state index in [-0.39, 0.29) is 11.8 Å². The summed E-state index contributed by atoms with van der Waals surface area (Å²) in [5.74, 6) is -0.605. The third-order valence-corrected chi connectivity index (χ3v) is 4.04. The van der Waals surface area contributed by atoms with E-state index in [1.165, 1.54) is 0 Å². The van der Waals surface area contributed by atoms with Gasteiger partial charge in [0, 0.05) is 26.1 Å². The van der Waals surface area contributed by atoms with E-state index in [1.54, 1.807) is 0 Å². The number of amides is 1. The fourth-order valence-electron chi connectivity index (χ4n) is 2.78.